The Morgan fingerprint density at radius 1 is 1.35 bits per heavy atom. The number of rotatable bonds is 2. The van der Waals surface area contributed by atoms with E-state index in [9.17, 15) is 14.0 Å². The minimum atomic E-state index is -0.814. The number of aliphatic carboxylic acids is 1. The maximum absolute atomic E-state index is 13.4. The molecule has 1 aliphatic rings. The van der Waals surface area contributed by atoms with E-state index < -0.39 is 5.97 Å². The van der Waals surface area contributed by atoms with Crippen LogP contribution in [0.4, 0.5) is 14.9 Å². The van der Waals surface area contributed by atoms with E-state index in [1.54, 1.807) is 24.0 Å². The predicted octanol–water partition coefficient (Wildman–Crippen LogP) is 2.46. The molecular weight excluding hydrogens is 263 g/mol. The average molecular weight is 280 g/mol. The minimum Gasteiger partial charge on any atom is -0.481 e. The van der Waals surface area contributed by atoms with Crippen molar-refractivity contribution in [3.05, 3.63) is 29.6 Å². The molecule has 0 spiro atoms. The Bertz CT molecular complexity index is 525. The number of piperidine rings is 1. The second kappa shape index (κ2) is 5.90. The van der Waals surface area contributed by atoms with Crippen LogP contribution < -0.4 is 5.32 Å². The first-order valence-electron chi connectivity index (χ1n) is 6.52. The topological polar surface area (TPSA) is 69.6 Å². The molecule has 0 unspecified atom stereocenters. The van der Waals surface area contributed by atoms with Gasteiger partial charge in [-0.1, -0.05) is 6.07 Å². The van der Waals surface area contributed by atoms with Gasteiger partial charge in [-0.3, -0.25) is 4.79 Å². The number of aryl methyl sites for hydroxylation is 1. The zero-order chi connectivity index (χ0) is 14.7. The lowest BCUT2D eigenvalue weighted by molar-refractivity contribution is -0.143. The molecule has 0 saturated carbocycles. The first-order chi connectivity index (χ1) is 9.47. The first kappa shape index (κ1) is 14.3. The van der Waals surface area contributed by atoms with E-state index in [1.807, 2.05) is 0 Å². The fourth-order valence-corrected chi connectivity index (χ4v) is 2.20. The molecule has 1 aromatic rings. The second-order valence-electron chi connectivity index (χ2n) is 4.99. The highest BCUT2D eigenvalue weighted by Gasteiger charge is 2.26. The summed E-state index contributed by atoms with van der Waals surface area (Å²) >= 11 is 0. The van der Waals surface area contributed by atoms with E-state index in [4.69, 9.17) is 5.11 Å². The van der Waals surface area contributed by atoms with Crippen LogP contribution in [-0.4, -0.2) is 35.1 Å². The summed E-state index contributed by atoms with van der Waals surface area (Å²) < 4.78 is 13.4. The molecule has 0 radical (unpaired) electrons. The van der Waals surface area contributed by atoms with Crippen molar-refractivity contribution in [3.8, 4) is 0 Å². The Morgan fingerprint density at radius 2 is 2.00 bits per heavy atom. The Balaban J connectivity index is 1.92. The van der Waals surface area contributed by atoms with Crippen LogP contribution in [0, 0.1) is 18.7 Å². The molecule has 1 aromatic carbocycles. The number of carbonyl (C=O) groups excluding carboxylic acids is 1. The minimum absolute atomic E-state index is 0.322. The van der Waals surface area contributed by atoms with Gasteiger partial charge in [0.1, 0.15) is 5.82 Å². The number of carbonyl (C=O) groups is 2. The Labute approximate surface area is 116 Å². The van der Waals surface area contributed by atoms with Crippen LogP contribution in [0.2, 0.25) is 0 Å². The maximum atomic E-state index is 13.4. The Hall–Kier alpha value is -2.11. The number of likely N-dealkylation sites (tertiary alicyclic amines) is 1. The summed E-state index contributed by atoms with van der Waals surface area (Å²) in [6, 6.07) is 4.19. The van der Waals surface area contributed by atoms with Gasteiger partial charge in [0.05, 0.1) is 5.92 Å². The molecule has 1 fully saturated rings. The molecule has 0 bridgehead atoms. The van der Waals surface area contributed by atoms with Crippen LogP contribution in [0.5, 0.6) is 0 Å². The summed E-state index contributed by atoms with van der Waals surface area (Å²) in [6.07, 6.45) is 0.899. The van der Waals surface area contributed by atoms with Gasteiger partial charge in [0.15, 0.2) is 0 Å². The van der Waals surface area contributed by atoms with Gasteiger partial charge in [-0.05, 0) is 37.5 Å². The lowest BCUT2D eigenvalue weighted by Gasteiger charge is -2.30. The molecule has 2 N–H and O–H groups in total. The van der Waals surface area contributed by atoms with Crippen molar-refractivity contribution < 1.29 is 19.1 Å². The van der Waals surface area contributed by atoms with Gasteiger partial charge in [0, 0.05) is 18.8 Å². The summed E-state index contributed by atoms with van der Waals surface area (Å²) in [5.74, 6) is -1.56. The Kier molecular flexibility index (Phi) is 4.22. The zero-order valence-electron chi connectivity index (χ0n) is 11.2. The molecule has 1 heterocycles. The lowest BCUT2D eigenvalue weighted by atomic mass is 9.97. The van der Waals surface area contributed by atoms with Gasteiger partial charge in [0.2, 0.25) is 0 Å². The number of halogens is 1. The fraction of sp³-hybridized carbons (Fsp3) is 0.429. The summed E-state index contributed by atoms with van der Waals surface area (Å²) in [5, 5.41) is 11.5. The molecule has 2 amide bonds. The highest BCUT2D eigenvalue weighted by atomic mass is 19.1. The standard InChI is InChI=1S/C14H17FN2O3/c1-9-2-3-11(8-12(9)15)16-14(20)17-6-4-10(5-7-17)13(18)19/h2-3,8,10H,4-7H2,1H3,(H,16,20)(H,18,19). The normalized spacial score (nSPS) is 16.0. The van der Waals surface area contributed by atoms with Crippen LogP contribution >= 0.6 is 0 Å². The Morgan fingerprint density at radius 3 is 2.55 bits per heavy atom. The SMILES string of the molecule is Cc1ccc(NC(=O)N2CCC(C(=O)O)CC2)cc1F. The third-order valence-electron chi connectivity index (χ3n) is 3.55. The number of benzene rings is 1. The molecule has 20 heavy (non-hydrogen) atoms. The molecule has 6 heteroatoms. The van der Waals surface area contributed by atoms with Crippen molar-refractivity contribution in [1.29, 1.82) is 0 Å². The number of amides is 2. The van der Waals surface area contributed by atoms with Gasteiger partial charge >= 0.3 is 12.0 Å². The summed E-state index contributed by atoms with van der Waals surface area (Å²) in [7, 11) is 0. The third-order valence-corrected chi connectivity index (χ3v) is 3.55. The summed E-state index contributed by atoms with van der Waals surface area (Å²) in [4.78, 5) is 24.4. The maximum Gasteiger partial charge on any atom is 0.321 e. The van der Waals surface area contributed by atoms with E-state index in [2.05, 4.69) is 5.32 Å². The quantitative estimate of drug-likeness (QED) is 0.874. The van der Waals surface area contributed by atoms with Crippen LogP contribution in [0.25, 0.3) is 0 Å². The fourth-order valence-electron chi connectivity index (χ4n) is 2.20. The summed E-state index contributed by atoms with van der Waals surface area (Å²) in [6.45, 7) is 2.45. The van der Waals surface area contributed by atoms with E-state index in [1.165, 1.54) is 6.07 Å². The van der Waals surface area contributed by atoms with Crippen molar-refractivity contribution in [1.82, 2.24) is 4.90 Å². The second-order valence-corrected chi connectivity index (χ2v) is 4.99. The number of urea groups is 1. The highest BCUT2D eigenvalue weighted by molar-refractivity contribution is 5.89. The van der Waals surface area contributed by atoms with E-state index >= 15 is 0 Å². The highest BCUT2D eigenvalue weighted by Crippen LogP contribution is 2.19. The molecule has 0 aromatic heterocycles. The molecule has 5 nitrogen and oxygen atoms in total. The first-order valence-corrected chi connectivity index (χ1v) is 6.52. The molecule has 2 rings (SSSR count). The van der Waals surface area contributed by atoms with Gasteiger partial charge < -0.3 is 15.3 Å². The van der Waals surface area contributed by atoms with Crippen LogP contribution in [0.15, 0.2) is 18.2 Å². The van der Waals surface area contributed by atoms with E-state index in [0.29, 0.717) is 37.2 Å². The van der Waals surface area contributed by atoms with Crippen molar-refractivity contribution in [2.45, 2.75) is 19.8 Å². The van der Waals surface area contributed by atoms with Gasteiger partial charge in [-0.15, -0.1) is 0 Å². The molecule has 1 saturated heterocycles. The molecule has 1 aliphatic heterocycles. The number of carboxylic acids is 1. The molecule has 0 atom stereocenters. The number of anilines is 1. The van der Waals surface area contributed by atoms with E-state index in [0.717, 1.165) is 0 Å². The molecule has 108 valence electrons. The number of nitrogens with one attached hydrogen (secondary N) is 1. The van der Waals surface area contributed by atoms with Crippen molar-refractivity contribution in [3.63, 3.8) is 0 Å². The van der Waals surface area contributed by atoms with Crippen LogP contribution in [0.1, 0.15) is 18.4 Å². The molecule has 0 aliphatic carbocycles. The number of carboxylic acid groups (broad SMARTS) is 1. The van der Waals surface area contributed by atoms with Crippen molar-refractivity contribution >= 4 is 17.7 Å². The predicted molar refractivity (Wildman–Crippen MR) is 72.1 cm³/mol. The van der Waals surface area contributed by atoms with Crippen LogP contribution in [0.3, 0.4) is 0 Å². The zero-order valence-corrected chi connectivity index (χ0v) is 11.2. The van der Waals surface area contributed by atoms with Crippen molar-refractivity contribution in [2.75, 3.05) is 18.4 Å². The number of hydrogen-bond donors (Lipinski definition) is 2. The number of hydrogen-bond acceptors (Lipinski definition) is 2. The monoisotopic (exact) mass is 280 g/mol. The van der Waals surface area contributed by atoms with Gasteiger partial charge in [-0.25, -0.2) is 9.18 Å². The van der Waals surface area contributed by atoms with Gasteiger partial charge in [-0.2, -0.15) is 0 Å². The average Bonchev–Trinajstić information content (AvgIpc) is 2.43. The number of nitrogens with zero attached hydrogens (tertiary/aromatic N) is 1. The largest absolute Gasteiger partial charge is 0.481 e. The van der Waals surface area contributed by atoms with E-state index in [-0.39, 0.29) is 17.8 Å². The van der Waals surface area contributed by atoms with Crippen molar-refractivity contribution in [2.24, 2.45) is 5.92 Å². The van der Waals surface area contributed by atoms with Gasteiger partial charge in [0.25, 0.3) is 0 Å². The molecular formula is C14H17FN2O3. The third kappa shape index (κ3) is 3.26. The smallest absolute Gasteiger partial charge is 0.321 e. The lowest BCUT2D eigenvalue weighted by Crippen LogP contribution is -2.42. The van der Waals surface area contributed by atoms with Crippen LogP contribution in [-0.2, 0) is 4.79 Å². The summed E-state index contributed by atoms with van der Waals surface area (Å²) in [5.41, 5.74) is 0.920.